The van der Waals surface area contributed by atoms with E-state index in [0.29, 0.717) is 25.0 Å². The first-order chi connectivity index (χ1) is 29.5. The number of hydrogen-bond donors (Lipinski definition) is 2. The summed E-state index contributed by atoms with van der Waals surface area (Å²) >= 11 is 15.2. The minimum atomic E-state index is -0.210. The third-order valence-electron chi connectivity index (χ3n) is 11.4. The highest BCUT2D eigenvalue weighted by molar-refractivity contribution is 7.99. The van der Waals surface area contributed by atoms with Gasteiger partial charge in [0.2, 0.25) is 0 Å². The highest BCUT2D eigenvalue weighted by atomic mass is 35.5. The Morgan fingerprint density at radius 1 is 0.650 bits per heavy atom. The molecule has 304 valence electrons. The number of aliphatic hydroxyl groups excluding tert-OH is 2. The number of ether oxygens (including phenoxy) is 2. The van der Waals surface area contributed by atoms with E-state index >= 15 is 0 Å². The van der Waals surface area contributed by atoms with Crippen LogP contribution in [-0.2, 0) is 37.3 Å². The number of thioether (sulfide) groups is 2. The highest BCUT2D eigenvalue weighted by Gasteiger charge is 2.47. The Balaban J connectivity index is 0.000000154. The number of aliphatic hydroxyl groups is 2. The fourth-order valence-electron chi connectivity index (χ4n) is 8.56. The zero-order valence-electron chi connectivity index (χ0n) is 33.0. The number of hydrogen-bond acceptors (Lipinski definition) is 7. The van der Waals surface area contributed by atoms with Crippen molar-refractivity contribution in [2.75, 3.05) is 30.7 Å². The van der Waals surface area contributed by atoms with Crippen LogP contribution < -0.4 is 9.47 Å². The van der Waals surface area contributed by atoms with Crippen LogP contribution >= 0.6 is 46.7 Å². The van der Waals surface area contributed by atoms with Crippen LogP contribution in [0.1, 0.15) is 38.9 Å². The van der Waals surface area contributed by atoms with Gasteiger partial charge in [0, 0.05) is 49.9 Å². The minimum absolute atomic E-state index is 0.0367. The summed E-state index contributed by atoms with van der Waals surface area (Å²) in [5, 5.41) is 20.6. The zero-order valence-corrected chi connectivity index (χ0v) is 36.1. The molecule has 6 nitrogen and oxygen atoms in total. The van der Waals surface area contributed by atoms with Crippen molar-refractivity contribution in [2.24, 2.45) is 4.99 Å². The second-order valence-corrected chi connectivity index (χ2v) is 17.9. The van der Waals surface area contributed by atoms with Crippen LogP contribution in [0, 0.1) is 0 Å². The molecule has 0 spiro atoms. The molecule has 7 aromatic rings. The topological polar surface area (TPSA) is 76.2 Å². The molecule has 4 heterocycles. The van der Waals surface area contributed by atoms with E-state index in [0.717, 1.165) is 58.5 Å². The predicted octanol–water partition coefficient (Wildman–Crippen LogP) is 11.6. The molecular formula is C50H44Cl2N2O4S2. The van der Waals surface area contributed by atoms with E-state index in [4.69, 9.17) is 37.7 Å². The van der Waals surface area contributed by atoms with Crippen molar-refractivity contribution in [1.82, 2.24) is 4.57 Å². The standard InChI is InChI=1S/2C25H22ClNO2S/c26-11-12-29-19-8-5-17(6-9-19)14-27-23-10-7-18(15-28)13-21(23)22-16-30-24-4-2-1-3-20(24)25(22)27;26-11-12-29-19-8-5-17(6-9-19)14-25-16-30-23-4-2-1-3-20(23)24(25)27-22-10-7-18(15-28)13-21(22)25/h2*1-10,13,28H,11-12,14-16H2. The van der Waals surface area contributed by atoms with Crippen LogP contribution in [0.5, 0.6) is 11.5 Å². The molecule has 0 radical (unpaired) electrons. The van der Waals surface area contributed by atoms with Crippen LogP contribution in [0.2, 0.25) is 0 Å². The molecule has 1 atom stereocenters. The molecule has 3 aliphatic heterocycles. The molecule has 10 rings (SSSR count). The predicted molar refractivity (Wildman–Crippen MR) is 248 cm³/mol. The van der Waals surface area contributed by atoms with Crippen molar-refractivity contribution in [3.8, 4) is 22.8 Å². The Labute approximate surface area is 369 Å². The van der Waals surface area contributed by atoms with Gasteiger partial charge in [-0.25, -0.2) is 0 Å². The molecule has 0 aliphatic carbocycles. The molecule has 1 unspecified atom stereocenters. The van der Waals surface area contributed by atoms with Gasteiger partial charge in [0.15, 0.2) is 0 Å². The number of nitrogens with zero attached hydrogens (tertiary/aromatic N) is 2. The average molecular weight is 872 g/mol. The lowest BCUT2D eigenvalue weighted by Crippen LogP contribution is -2.41. The molecule has 0 bridgehead atoms. The summed E-state index contributed by atoms with van der Waals surface area (Å²) in [6.45, 7) is 1.89. The van der Waals surface area contributed by atoms with E-state index in [-0.39, 0.29) is 18.6 Å². The number of aliphatic imine (C=N–C) groups is 1. The first-order valence-electron chi connectivity index (χ1n) is 20.1. The van der Waals surface area contributed by atoms with Gasteiger partial charge >= 0.3 is 0 Å². The molecule has 0 amide bonds. The maximum absolute atomic E-state index is 9.73. The Kier molecular flexibility index (Phi) is 12.3. The Bertz CT molecular complexity index is 2680. The molecule has 3 aliphatic rings. The van der Waals surface area contributed by atoms with E-state index in [9.17, 15) is 10.2 Å². The van der Waals surface area contributed by atoms with Crippen molar-refractivity contribution >= 4 is 69.0 Å². The van der Waals surface area contributed by atoms with Crippen molar-refractivity contribution in [3.05, 3.63) is 172 Å². The summed E-state index contributed by atoms with van der Waals surface area (Å²) in [6.07, 6.45) is 0.852. The summed E-state index contributed by atoms with van der Waals surface area (Å²) in [7, 11) is 0. The Hall–Kier alpha value is -4.67. The number of aromatic nitrogens is 1. The lowest BCUT2D eigenvalue weighted by Gasteiger charge is -2.37. The summed E-state index contributed by atoms with van der Waals surface area (Å²) in [6, 6.07) is 46.2. The minimum Gasteiger partial charge on any atom is -0.492 e. The van der Waals surface area contributed by atoms with Gasteiger partial charge in [0.25, 0.3) is 0 Å². The van der Waals surface area contributed by atoms with E-state index < -0.39 is 0 Å². The monoisotopic (exact) mass is 870 g/mol. The van der Waals surface area contributed by atoms with E-state index in [1.165, 1.54) is 59.8 Å². The maximum Gasteiger partial charge on any atom is 0.119 e. The van der Waals surface area contributed by atoms with Gasteiger partial charge in [0.05, 0.1) is 47.5 Å². The first kappa shape index (κ1) is 40.7. The second kappa shape index (κ2) is 18.1. The molecule has 1 aromatic heterocycles. The maximum atomic E-state index is 9.73. The van der Waals surface area contributed by atoms with Gasteiger partial charge in [-0.2, -0.15) is 0 Å². The smallest absolute Gasteiger partial charge is 0.119 e. The molecule has 6 aromatic carbocycles. The first-order valence-corrected chi connectivity index (χ1v) is 23.1. The SMILES string of the molecule is OCc1ccc2c(c1)C1(Cc3ccc(OCCCl)cc3)CSc3ccccc3C1=N2.OCc1ccc2c(c1)c1c(n2Cc2ccc(OCCCl)cc2)-c2ccccc2SC1. The van der Waals surface area contributed by atoms with E-state index in [2.05, 4.69) is 95.6 Å². The molecular weight excluding hydrogens is 828 g/mol. The second-order valence-electron chi connectivity index (χ2n) is 15.1. The van der Waals surface area contributed by atoms with Gasteiger partial charge in [-0.05, 0) is 94.4 Å². The Morgan fingerprint density at radius 2 is 1.25 bits per heavy atom. The van der Waals surface area contributed by atoms with Gasteiger partial charge in [-0.1, -0.05) is 78.9 Å². The van der Waals surface area contributed by atoms with Gasteiger partial charge in [-0.15, -0.1) is 46.7 Å². The van der Waals surface area contributed by atoms with Crippen molar-refractivity contribution in [2.45, 2.75) is 47.1 Å². The Morgan fingerprint density at radius 3 is 1.93 bits per heavy atom. The van der Waals surface area contributed by atoms with Gasteiger partial charge in [0.1, 0.15) is 24.7 Å². The summed E-state index contributed by atoms with van der Waals surface area (Å²) in [5.74, 6) is 4.50. The third kappa shape index (κ3) is 7.97. The largest absolute Gasteiger partial charge is 0.492 e. The number of rotatable bonds is 12. The van der Waals surface area contributed by atoms with E-state index in [1.807, 2.05) is 66.0 Å². The molecule has 10 heteroatoms. The summed E-state index contributed by atoms with van der Waals surface area (Å²) < 4.78 is 13.7. The molecule has 0 fully saturated rings. The van der Waals surface area contributed by atoms with Crippen molar-refractivity contribution in [3.63, 3.8) is 0 Å². The fourth-order valence-corrected chi connectivity index (χ4v) is 11.1. The zero-order chi connectivity index (χ0) is 41.1. The number of benzene rings is 6. The lowest BCUT2D eigenvalue weighted by molar-refractivity contribution is 0.281. The van der Waals surface area contributed by atoms with Crippen LogP contribution in [0.15, 0.2) is 148 Å². The van der Waals surface area contributed by atoms with E-state index in [1.54, 1.807) is 0 Å². The van der Waals surface area contributed by atoms with Gasteiger partial charge in [-0.3, -0.25) is 4.99 Å². The normalized spacial score (nSPS) is 15.8. The summed E-state index contributed by atoms with van der Waals surface area (Å²) in [4.78, 5) is 7.70. The fraction of sp³-hybridized carbons (Fsp3) is 0.220. The van der Waals surface area contributed by atoms with Crippen molar-refractivity contribution in [1.29, 1.82) is 0 Å². The third-order valence-corrected chi connectivity index (χ3v) is 14.1. The van der Waals surface area contributed by atoms with Crippen LogP contribution in [-0.4, -0.2) is 51.2 Å². The lowest BCUT2D eigenvalue weighted by atomic mass is 9.72. The highest BCUT2D eigenvalue weighted by Crippen LogP contribution is 2.52. The number of alkyl halides is 2. The quantitative estimate of drug-likeness (QED) is 0.119. The van der Waals surface area contributed by atoms with Crippen LogP contribution in [0.25, 0.3) is 22.2 Å². The van der Waals surface area contributed by atoms with Crippen LogP contribution in [0.3, 0.4) is 0 Å². The number of halogens is 2. The average Bonchev–Trinajstić information content (AvgIpc) is 3.80. The summed E-state index contributed by atoms with van der Waals surface area (Å²) in [5.41, 5.74) is 13.9. The molecule has 60 heavy (non-hydrogen) atoms. The molecule has 0 saturated heterocycles. The van der Waals surface area contributed by atoms with Gasteiger partial charge < -0.3 is 24.3 Å². The molecule has 0 saturated carbocycles. The van der Waals surface area contributed by atoms with Crippen LogP contribution in [0.4, 0.5) is 5.69 Å². The molecule has 2 N–H and O–H groups in total. The van der Waals surface area contributed by atoms with Crippen molar-refractivity contribution < 1.29 is 19.7 Å². The number of fused-ring (bicyclic) bond motifs is 10.